The Hall–Kier alpha value is -3.28. The fraction of sp³-hybridized carbons (Fsp3) is 0.273. The summed E-state index contributed by atoms with van der Waals surface area (Å²) in [6.07, 6.45) is 4.31. The lowest BCUT2D eigenvalue weighted by Crippen LogP contribution is -2.49. The second-order valence-electron chi connectivity index (χ2n) is 7.07. The molecule has 0 spiro atoms. The molecule has 1 aliphatic rings. The van der Waals surface area contributed by atoms with Gasteiger partial charge in [0.05, 0.1) is 0 Å². The van der Waals surface area contributed by atoms with E-state index in [1.54, 1.807) is 12.1 Å². The summed E-state index contributed by atoms with van der Waals surface area (Å²) >= 11 is 0. The summed E-state index contributed by atoms with van der Waals surface area (Å²) in [6.45, 7) is -0.134. The third-order valence-corrected chi connectivity index (χ3v) is 4.79. The average Bonchev–Trinajstić information content (AvgIpc) is 3.45. The van der Waals surface area contributed by atoms with Crippen LogP contribution >= 0.6 is 0 Å². The molecule has 1 aliphatic carbocycles. The molecule has 28 heavy (non-hydrogen) atoms. The number of aromatic nitrogens is 1. The number of carbonyl (C=O) groups excluding carboxylic acids is 2. The molecule has 0 bridgehead atoms. The highest BCUT2D eigenvalue weighted by atomic mass is 16.5. The Kier molecular flexibility index (Phi) is 5.28. The Morgan fingerprint density at radius 1 is 1.07 bits per heavy atom. The van der Waals surface area contributed by atoms with E-state index in [1.165, 1.54) is 0 Å². The maximum absolute atomic E-state index is 12.7. The molecule has 4 rings (SSSR count). The molecule has 1 atom stereocenters. The number of hydrogen-bond acceptors (Lipinski definition) is 3. The zero-order valence-electron chi connectivity index (χ0n) is 15.5. The molecular weight excluding hydrogens is 354 g/mol. The summed E-state index contributed by atoms with van der Waals surface area (Å²) in [5, 5.41) is 6.88. The van der Waals surface area contributed by atoms with Gasteiger partial charge in [-0.15, -0.1) is 0 Å². The quantitative estimate of drug-likeness (QED) is 0.564. The van der Waals surface area contributed by atoms with Gasteiger partial charge in [0.25, 0.3) is 5.91 Å². The van der Waals surface area contributed by atoms with Crippen LogP contribution in [-0.2, 0) is 16.0 Å². The molecule has 144 valence electrons. The van der Waals surface area contributed by atoms with Crippen molar-refractivity contribution in [2.75, 3.05) is 6.61 Å². The fourth-order valence-corrected chi connectivity index (χ4v) is 3.16. The number of H-pyrrole nitrogens is 1. The third-order valence-electron chi connectivity index (χ3n) is 4.79. The van der Waals surface area contributed by atoms with E-state index in [2.05, 4.69) is 15.6 Å². The van der Waals surface area contributed by atoms with Crippen LogP contribution in [0.25, 0.3) is 10.9 Å². The largest absolute Gasteiger partial charge is 0.484 e. The molecule has 3 aromatic rings. The Bertz CT molecular complexity index is 963. The van der Waals surface area contributed by atoms with Crippen molar-refractivity contribution in [1.82, 2.24) is 15.6 Å². The number of aromatic amines is 1. The van der Waals surface area contributed by atoms with E-state index < -0.39 is 6.04 Å². The van der Waals surface area contributed by atoms with Gasteiger partial charge in [-0.3, -0.25) is 9.59 Å². The van der Waals surface area contributed by atoms with E-state index in [4.69, 9.17) is 4.74 Å². The van der Waals surface area contributed by atoms with Crippen LogP contribution < -0.4 is 15.4 Å². The first-order valence-electron chi connectivity index (χ1n) is 9.51. The van der Waals surface area contributed by atoms with Crippen molar-refractivity contribution in [3.8, 4) is 5.75 Å². The molecule has 6 nitrogen and oxygen atoms in total. The standard InChI is InChI=1S/C22H23N3O3/c26-21(14-28-17-6-2-1-3-7-17)25-20(22(27)24-16-10-11-16)12-15-13-23-19-9-5-4-8-18(15)19/h1-9,13,16,20,23H,10-12,14H2,(H,24,27)(H,25,26)/t20-/m0/s1. The average molecular weight is 377 g/mol. The first-order valence-corrected chi connectivity index (χ1v) is 9.51. The Morgan fingerprint density at radius 2 is 1.82 bits per heavy atom. The van der Waals surface area contributed by atoms with Crippen LogP contribution in [0.5, 0.6) is 5.75 Å². The topological polar surface area (TPSA) is 83.2 Å². The number of nitrogens with one attached hydrogen (secondary N) is 3. The number of fused-ring (bicyclic) bond motifs is 1. The molecule has 1 fully saturated rings. The number of ether oxygens (including phenoxy) is 1. The summed E-state index contributed by atoms with van der Waals surface area (Å²) < 4.78 is 5.50. The lowest BCUT2D eigenvalue weighted by molar-refractivity contribution is -0.130. The van der Waals surface area contributed by atoms with Gasteiger partial charge < -0.3 is 20.4 Å². The SMILES string of the molecule is O=C(COc1ccccc1)N[C@@H](Cc1c[nH]c2ccccc12)C(=O)NC1CC1. The van der Waals surface area contributed by atoms with E-state index in [9.17, 15) is 9.59 Å². The van der Waals surface area contributed by atoms with Crippen LogP contribution in [0.3, 0.4) is 0 Å². The Morgan fingerprint density at radius 3 is 2.61 bits per heavy atom. The number of amides is 2. The maximum Gasteiger partial charge on any atom is 0.258 e. The van der Waals surface area contributed by atoms with Gasteiger partial charge in [-0.1, -0.05) is 36.4 Å². The molecule has 1 aromatic heterocycles. The highest BCUT2D eigenvalue weighted by Crippen LogP contribution is 2.21. The normalized spacial score (nSPS) is 14.4. The van der Waals surface area contributed by atoms with Crippen LogP contribution in [0.4, 0.5) is 0 Å². The lowest BCUT2D eigenvalue weighted by Gasteiger charge is -2.18. The van der Waals surface area contributed by atoms with E-state index in [0.29, 0.717) is 12.2 Å². The van der Waals surface area contributed by atoms with Crippen LogP contribution in [-0.4, -0.2) is 35.5 Å². The molecule has 2 aromatic carbocycles. The van der Waals surface area contributed by atoms with Crippen molar-refractivity contribution in [1.29, 1.82) is 0 Å². The molecule has 0 aliphatic heterocycles. The van der Waals surface area contributed by atoms with Crippen molar-refractivity contribution < 1.29 is 14.3 Å². The first-order chi connectivity index (χ1) is 13.7. The van der Waals surface area contributed by atoms with Gasteiger partial charge in [0, 0.05) is 29.6 Å². The summed E-state index contributed by atoms with van der Waals surface area (Å²) in [7, 11) is 0. The van der Waals surface area contributed by atoms with Crippen molar-refractivity contribution in [3.63, 3.8) is 0 Å². The summed E-state index contributed by atoms with van der Waals surface area (Å²) in [4.78, 5) is 28.3. The molecule has 0 radical (unpaired) electrons. The van der Waals surface area contributed by atoms with Gasteiger partial charge in [-0.25, -0.2) is 0 Å². The molecule has 0 unspecified atom stereocenters. The molecule has 6 heteroatoms. The lowest BCUT2D eigenvalue weighted by atomic mass is 10.0. The molecule has 3 N–H and O–H groups in total. The number of para-hydroxylation sites is 2. The van der Waals surface area contributed by atoms with Crippen LogP contribution in [0.15, 0.2) is 60.8 Å². The molecule has 1 saturated carbocycles. The minimum Gasteiger partial charge on any atom is -0.484 e. The number of hydrogen-bond donors (Lipinski definition) is 3. The van der Waals surface area contributed by atoms with Gasteiger partial charge >= 0.3 is 0 Å². The van der Waals surface area contributed by atoms with Crippen molar-refractivity contribution in [3.05, 3.63) is 66.4 Å². The number of carbonyl (C=O) groups is 2. The summed E-state index contributed by atoms with van der Waals surface area (Å²) in [6, 6.07) is 16.7. The van der Waals surface area contributed by atoms with E-state index >= 15 is 0 Å². The predicted molar refractivity (Wildman–Crippen MR) is 107 cm³/mol. The van der Waals surface area contributed by atoms with Gasteiger partial charge in [0.2, 0.25) is 5.91 Å². The fourth-order valence-electron chi connectivity index (χ4n) is 3.16. The third kappa shape index (κ3) is 4.52. The van der Waals surface area contributed by atoms with Crippen LogP contribution in [0, 0.1) is 0 Å². The van der Waals surface area contributed by atoms with E-state index in [-0.39, 0.29) is 24.5 Å². The Balaban J connectivity index is 1.43. The summed E-state index contributed by atoms with van der Waals surface area (Å²) in [5.74, 6) is 0.147. The van der Waals surface area contributed by atoms with Gasteiger partial charge in [-0.05, 0) is 36.6 Å². The van der Waals surface area contributed by atoms with E-state index in [0.717, 1.165) is 29.3 Å². The zero-order valence-corrected chi connectivity index (χ0v) is 15.5. The summed E-state index contributed by atoms with van der Waals surface area (Å²) in [5.41, 5.74) is 2.01. The van der Waals surface area contributed by atoms with Crippen molar-refractivity contribution in [2.24, 2.45) is 0 Å². The molecule has 1 heterocycles. The van der Waals surface area contributed by atoms with Crippen molar-refractivity contribution in [2.45, 2.75) is 31.3 Å². The molecule has 2 amide bonds. The van der Waals surface area contributed by atoms with Crippen LogP contribution in [0.1, 0.15) is 18.4 Å². The van der Waals surface area contributed by atoms with Gasteiger partial charge in [0.1, 0.15) is 11.8 Å². The first kappa shape index (κ1) is 18.1. The van der Waals surface area contributed by atoms with E-state index in [1.807, 2.05) is 48.7 Å². The number of benzene rings is 2. The highest BCUT2D eigenvalue weighted by Gasteiger charge is 2.29. The minimum atomic E-state index is -0.647. The van der Waals surface area contributed by atoms with Gasteiger partial charge in [-0.2, -0.15) is 0 Å². The second kappa shape index (κ2) is 8.17. The van der Waals surface area contributed by atoms with Crippen LogP contribution in [0.2, 0.25) is 0 Å². The predicted octanol–water partition coefficient (Wildman–Crippen LogP) is 2.55. The van der Waals surface area contributed by atoms with Gasteiger partial charge in [0.15, 0.2) is 6.61 Å². The maximum atomic E-state index is 12.7. The highest BCUT2D eigenvalue weighted by molar-refractivity contribution is 5.90. The van der Waals surface area contributed by atoms with Crippen molar-refractivity contribution >= 4 is 22.7 Å². The number of rotatable bonds is 8. The Labute approximate surface area is 163 Å². The minimum absolute atomic E-state index is 0.134. The molecule has 0 saturated heterocycles. The molecular formula is C22H23N3O3. The smallest absolute Gasteiger partial charge is 0.258 e. The zero-order chi connectivity index (χ0) is 19.3. The second-order valence-corrected chi connectivity index (χ2v) is 7.07. The monoisotopic (exact) mass is 377 g/mol.